The van der Waals surface area contributed by atoms with Gasteiger partial charge < -0.3 is 5.11 Å². The number of fused-ring (bicyclic) bond motifs is 1. The van der Waals surface area contributed by atoms with Crippen molar-refractivity contribution in [2.75, 3.05) is 0 Å². The molecular weight excluding hydrogens is 369 g/mol. The van der Waals surface area contributed by atoms with Gasteiger partial charge in [0.15, 0.2) is 0 Å². The topological polar surface area (TPSA) is 33.1 Å². The molecule has 2 nitrogen and oxygen atoms in total. The molecule has 142 valence electrons. The predicted octanol–water partition coefficient (Wildman–Crippen LogP) is 7.06. The van der Waals surface area contributed by atoms with Crippen LogP contribution in [0.25, 0.3) is 32.5 Å². The van der Waals surface area contributed by atoms with Gasteiger partial charge in [-0.25, -0.2) is 4.39 Å². The molecule has 4 aromatic rings. The SMILES string of the molecule is CC(C)(C)Cc1ccnc(-c2cccc(-c3cc4ccsc4cc3O)c2F)c1. The Morgan fingerprint density at radius 1 is 1.00 bits per heavy atom. The van der Waals surface area contributed by atoms with Gasteiger partial charge in [0.1, 0.15) is 11.6 Å². The van der Waals surface area contributed by atoms with Gasteiger partial charge in [0.05, 0.1) is 5.69 Å². The molecule has 0 atom stereocenters. The first-order chi connectivity index (χ1) is 13.3. The molecule has 0 aliphatic heterocycles. The van der Waals surface area contributed by atoms with Gasteiger partial charge >= 0.3 is 0 Å². The second-order valence-electron chi connectivity index (χ2n) is 8.28. The van der Waals surface area contributed by atoms with Gasteiger partial charge in [-0.15, -0.1) is 11.3 Å². The molecule has 0 unspecified atom stereocenters. The summed E-state index contributed by atoms with van der Waals surface area (Å²) in [5.74, 6) is -0.284. The molecule has 0 saturated heterocycles. The first-order valence-corrected chi connectivity index (χ1v) is 10.1. The fourth-order valence-corrected chi connectivity index (χ4v) is 4.30. The Morgan fingerprint density at radius 3 is 2.57 bits per heavy atom. The van der Waals surface area contributed by atoms with Crippen LogP contribution in [-0.2, 0) is 6.42 Å². The molecule has 2 heterocycles. The molecule has 0 fully saturated rings. The summed E-state index contributed by atoms with van der Waals surface area (Å²) in [6.45, 7) is 6.53. The zero-order valence-electron chi connectivity index (χ0n) is 16.2. The van der Waals surface area contributed by atoms with Gasteiger partial charge in [-0.2, -0.15) is 0 Å². The van der Waals surface area contributed by atoms with Crippen LogP contribution >= 0.6 is 11.3 Å². The van der Waals surface area contributed by atoms with Crippen LogP contribution in [0.1, 0.15) is 26.3 Å². The highest BCUT2D eigenvalue weighted by Gasteiger charge is 2.17. The number of halogens is 1. The van der Waals surface area contributed by atoms with E-state index in [0.717, 1.165) is 22.1 Å². The van der Waals surface area contributed by atoms with Crippen LogP contribution in [0.15, 0.2) is 60.1 Å². The van der Waals surface area contributed by atoms with Crippen LogP contribution in [0.4, 0.5) is 4.39 Å². The van der Waals surface area contributed by atoms with Crippen LogP contribution in [0.2, 0.25) is 0 Å². The van der Waals surface area contributed by atoms with Crippen LogP contribution in [0.3, 0.4) is 0 Å². The second-order valence-corrected chi connectivity index (χ2v) is 9.23. The molecule has 2 aromatic carbocycles. The molecule has 2 aromatic heterocycles. The first kappa shape index (κ1) is 18.6. The number of pyridine rings is 1. The van der Waals surface area contributed by atoms with Crippen LogP contribution < -0.4 is 0 Å². The molecule has 0 amide bonds. The van der Waals surface area contributed by atoms with Gasteiger partial charge in [-0.3, -0.25) is 4.98 Å². The number of hydrogen-bond acceptors (Lipinski definition) is 3. The molecule has 28 heavy (non-hydrogen) atoms. The molecule has 0 aliphatic carbocycles. The van der Waals surface area contributed by atoms with Crippen molar-refractivity contribution < 1.29 is 9.50 Å². The van der Waals surface area contributed by atoms with E-state index < -0.39 is 0 Å². The highest BCUT2D eigenvalue weighted by molar-refractivity contribution is 7.17. The normalized spacial score (nSPS) is 11.9. The van der Waals surface area contributed by atoms with E-state index in [4.69, 9.17) is 0 Å². The zero-order valence-corrected chi connectivity index (χ0v) is 17.0. The molecular formula is C24H22FNOS. The minimum absolute atomic E-state index is 0.0837. The number of hydrogen-bond donors (Lipinski definition) is 1. The average molecular weight is 392 g/mol. The van der Waals surface area contributed by atoms with Crippen LogP contribution in [0, 0.1) is 11.2 Å². The van der Waals surface area contributed by atoms with Crippen molar-refractivity contribution in [2.45, 2.75) is 27.2 Å². The largest absolute Gasteiger partial charge is 0.507 e. The van der Waals surface area contributed by atoms with Crippen molar-refractivity contribution in [1.82, 2.24) is 4.98 Å². The summed E-state index contributed by atoms with van der Waals surface area (Å²) in [7, 11) is 0. The van der Waals surface area contributed by atoms with E-state index in [-0.39, 0.29) is 17.0 Å². The number of benzene rings is 2. The maximum atomic E-state index is 15.5. The van der Waals surface area contributed by atoms with E-state index in [1.165, 1.54) is 0 Å². The number of nitrogens with zero attached hydrogens (tertiary/aromatic N) is 1. The van der Waals surface area contributed by atoms with Crippen molar-refractivity contribution in [3.63, 3.8) is 0 Å². The van der Waals surface area contributed by atoms with Gasteiger partial charge in [-0.1, -0.05) is 32.9 Å². The lowest BCUT2D eigenvalue weighted by Crippen LogP contribution is -2.09. The lowest BCUT2D eigenvalue weighted by atomic mass is 9.88. The summed E-state index contributed by atoms with van der Waals surface area (Å²) in [4.78, 5) is 4.40. The number of rotatable bonds is 3. The molecule has 4 heteroatoms. The monoisotopic (exact) mass is 391 g/mol. The summed E-state index contributed by atoms with van der Waals surface area (Å²) in [6.07, 6.45) is 2.62. The standard InChI is InChI=1S/C24H22FNOS/c1-24(2,3)14-15-7-9-26-20(11-15)18-6-4-5-17(23(18)25)19-12-16-8-10-28-22(16)13-21(19)27/h4-13,27H,14H2,1-3H3. The third kappa shape index (κ3) is 3.65. The van der Waals surface area contributed by atoms with E-state index in [2.05, 4.69) is 25.8 Å². The third-order valence-electron chi connectivity index (χ3n) is 4.69. The van der Waals surface area contributed by atoms with E-state index in [1.54, 1.807) is 35.7 Å². The first-order valence-electron chi connectivity index (χ1n) is 9.26. The Balaban J connectivity index is 1.81. The Labute approximate surface area is 168 Å². The summed E-state index contributed by atoms with van der Waals surface area (Å²) in [6, 6.07) is 14.7. The minimum atomic E-state index is -0.368. The molecule has 0 bridgehead atoms. The van der Waals surface area contributed by atoms with Crippen molar-refractivity contribution in [3.8, 4) is 28.1 Å². The molecule has 0 radical (unpaired) electrons. The summed E-state index contributed by atoms with van der Waals surface area (Å²) in [5.41, 5.74) is 3.20. The Morgan fingerprint density at radius 2 is 1.79 bits per heavy atom. The molecule has 0 spiro atoms. The highest BCUT2D eigenvalue weighted by atomic mass is 32.1. The highest BCUT2D eigenvalue weighted by Crippen LogP contribution is 2.38. The van der Waals surface area contributed by atoms with E-state index in [9.17, 15) is 5.11 Å². The minimum Gasteiger partial charge on any atom is -0.507 e. The number of phenolic OH excluding ortho intramolecular Hbond substituents is 1. The zero-order chi connectivity index (χ0) is 19.9. The van der Waals surface area contributed by atoms with E-state index >= 15 is 4.39 Å². The third-order valence-corrected chi connectivity index (χ3v) is 5.57. The van der Waals surface area contributed by atoms with E-state index in [0.29, 0.717) is 22.4 Å². The van der Waals surface area contributed by atoms with E-state index in [1.807, 2.05) is 35.7 Å². The molecule has 0 aliphatic rings. The van der Waals surface area contributed by atoms with Crippen LogP contribution in [-0.4, -0.2) is 10.1 Å². The maximum Gasteiger partial charge on any atom is 0.140 e. The van der Waals surface area contributed by atoms with Crippen molar-refractivity contribution >= 4 is 21.4 Å². The van der Waals surface area contributed by atoms with Gasteiger partial charge in [-0.05, 0) is 64.6 Å². The lowest BCUT2D eigenvalue weighted by molar-refractivity contribution is 0.411. The van der Waals surface area contributed by atoms with Crippen molar-refractivity contribution in [2.24, 2.45) is 5.41 Å². The summed E-state index contributed by atoms with van der Waals surface area (Å²) < 4.78 is 16.5. The number of thiophene rings is 1. The molecule has 1 N–H and O–H groups in total. The Hall–Kier alpha value is -2.72. The number of aromatic nitrogens is 1. The predicted molar refractivity (Wildman–Crippen MR) is 115 cm³/mol. The maximum absolute atomic E-state index is 15.5. The molecule has 4 rings (SSSR count). The average Bonchev–Trinajstić information content (AvgIpc) is 3.07. The summed E-state index contributed by atoms with van der Waals surface area (Å²) >= 11 is 1.55. The Kier molecular flexibility index (Phi) is 4.68. The number of phenols is 1. The smallest absolute Gasteiger partial charge is 0.140 e. The summed E-state index contributed by atoms with van der Waals surface area (Å²) in [5, 5.41) is 13.4. The Bertz CT molecular complexity index is 1160. The van der Waals surface area contributed by atoms with Crippen molar-refractivity contribution in [1.29, 1.82) is 0 Å². The fourth-order valence-electron chi connectivity index (χ4n) is 3.50. The van der Waals surface area contributed by atoms with Gasteiger partial charge in [0, 0.05) is 27.6 Å². The lowest BCUT2D eigenvalue weighted by Gasteiger charge is -2.18. The number of aromatic hydroxyl groups is 1. The quantitative estimate of drug-likeness (QED) is 0.405. The van der Waals surface area contributed by atoms with Gasteiger partial charge in [0.2, 0.25) is 0 Å². The molecule has 0 saturated carbocycles. The van der Waals surface area contributed by atoms with Crippen molar-refractivity contribution in [3.05, 3.63) is 71.5 Å². The second kappa shape index (κ2) is 7.02. The van der Waals surface area contributed by atoms with Crippen LogP contribution in [0.5, 0.6) is 5.75 Å². The van der Waals surface area contributed by atoms with Gasteiger partial charge in [0.25, 0.3) is 0 Å². The fraction of sp³-hybridized carbons (Fsp3) is 0.208.